The van der Waals surface area contributed by atoms with E-state index in [-0.39, 0.29) is 18.2 Å². The molecule has 2 amide bonds. The number of anilines is 1. The van der Waals surface area contributed by atoms with E-state index in [9.17, 15) is 9.59 Å². The van der Waals surface area contributed by atoms with Crippen LogP contribution in [0, 0.1) is 3.57 Å². The van der Waals surface area contributed by atoms with E-state index in [1.165, 1.54) is 17.3 Å². The van der Waals surface area contributed by atoms with Crippen molar-refractivity contribution >= 4 is 74.3 Å². The van der Waals surface area contributed by atoms with Gasteiger partial charge in [-0.3, -0.25) is 14.5 Å². The van der Waals surface area contributed by atoms with Crippen molar-refractivity contribution in [3.8, 4) is 0 Å². The number of aliphatic imine (C=N–C) groups is 1. The van der Waals surface area contributed by atoms with Crippen LogP contribution in [0.1, 0.15) is 18.4 Å². The molecule has 1 atom stereocenters. The van der Waals surface area contributed by atoms with Crippen LogP contribution < -0.4 is 5.32 Å². The van der Waals surface area contributed by atoms with Crippen LogP contribution in [0.3, 0.4) is 0 Å². The van der Waals surface area contributed by atoms with Crippen molar-refractivity contribution in [2.75, 3.05) is 11.9 Å². The molecule has 174 valence electrons. The average molecular weight is 604 g/mol. The number of rotatable bonds is 7. The fourth-order valence-corrected chi connectivity index (χ4v) is 5.14. The molecule has 3 aromatic rings. The van der Waals surface area contributed by atoms with Gasteiger partial charge in [0.15, 0.2) is 5.17 Å². The number of amides is 2. The molecular weight excluding hydrogens is 581 g/mol. The smallest absolute Gasteiger partial charge is 0.238 e. The minimum absolute atomic E-state index is 0.0951. The second-order valence-electron chi connectivity index (χ2n) is 7.81. The SMILES string of the molecule is O=C(Nc1ccc(I)cc1)C1CC(=O)N(CCCc2ccccc2)C(=Nc2ccc(Cl)cc2)S1. The molecule has 4 rings (SSSR count). The number of halogens is 2. The summed E-state index contributed by atoms with van der Waals surface area (Å²) in [6.45, 7) is 0.540. The minimum Gasteiger partial charge on any atom is -0.325 e. The lowest BCUT2D eigenvalue weighted by Gasteiger charge is -2.32. The lowest BCUT2D eigenvalue weighted by molar-refractivity contribution is -0.129. The Hall–Kier alpha value is -2.36. The Kier molecular flexibility index (Phi) is 8.64. The zero-order chi connectivity index (χ0) is 23.9. The molecule has 5 nitrogen and oxygen atoms in total. The molecule has 0 bridgehead atoms. The predicted molar refractivity (Wildman–Crippen MR) is 149 cm³/mol. The summed E-state index contributed by atoms with van der Waals surface area (Å²) in [7, 11) is 0. The van der Waals surface area contributed by atoms with E-state index < -0.39 is 5.25 Å². The molecule has 0 saturated carbocycles. The Morgan fingerprint density at radius 2 is 1.76 bits per heavy atom. The van der Waals surface area contributed by atoms with E-state index >= 15 is 0 Å². The zero-order valence-corrected chi connectivity index (χ0v) is 22.0. The Morgan fingerprint density at radius 1 is 1.06 bits per heavy atom. The van der Waals surface area contributed by atoms with E-state index in [4.69, 9.17) is 16.6 Å². The second-order valence-corrected chi connectivity index (χ2v) is 10.7. The highest BCUT2D eigenvalue weighted by molar-refractivity contribution is 14.1. The van der Waals surface area contributed by atoms with Gasteiger partial charge in [-0.1, -0.05) is 53.7 Å². The van der Waals surface area contributed by atoms with Crippen molar-refractivity contribution in [2.45, 2.75) is 24.5 Å². The molecule has 1 unspecified atom stereocenters. The second kappa shape index (κ2) is 11.9. The largest absolute Gasteiger partial charge is 0.325 e. The van der Waals surface area contributed by atoms with Gasteiger partial charge < -0.3 is 5.32 Å². The fraction of sp³-hybridized carbons (Fsp3) is 0.192. The Morgan fingerprint density at radius 3 is 2.47 bits per heavy atom. The van der Waals surface area contributed by atoms with Gasteiger partial charge in [0.25, 0.3) is 0 Å². The van der Waals surface area contributed by atoms with Crippen LogP contribution in [-0.2, 0) is 16.0 Å². The molecule has 0 spiro atoms. The Labute approximate surface area is 222 Å². The topological polar surface area (TPSA) is 61.8 Å². The number of nitrogens with one attached hydrogen (secondary N) is 1. The van der Waals surface area contributed by atoms with Crippen LogP contribution in [0.2, 0.25) is 5.02 Å². The van der Waals surface area contributed by atoms with Crippen LogP contribution in [-0.4, -0.2) is 33.7 Å². The Bertz CT molecular complexity index is 1170. The minimum atomic E-state index is -0.553. The zero-order valence-electron chi connectivity index (χ0n) is 18.3. The molecule has 3 aromatic carbocycles. The maximum atomic E-state index is 13.1. The van der Waals surface area contributed by atoms with E-state index in [1.54, 1.807) is 29.2 Å². The summed E-state index contributed by atoms with van der Waals surface area (Å²) in [5.74, 6) is -0.297. The average Bonchev–Trinajstić information content (AvgIpc) is 2.84. The van der Waals surface area contributed by atoms with Gasteiger partial charge in [0.05, 0.1) is 5.69 Å². The highest BCUT2D eigenvalue weighted by Gasteiger charge is 2.35. The number of nitrogens with zero attached hydrogens (tertiary/aromatic N) is 2. The van der Waals surface area contributed by atoms with Crippen LogP contribution in [0.25, 0.3) is 0 Å². The number of aryl methyl sites for hydroxylation is 1. The van der Waals surface area contributed by atoms with Gasteiger partial charge in [-0.05, 0) is 89.5 Å². The molecule has 0 aliphatic carbocycles. The van der Waals surface area contributed by atoms with Gasteiger partial charge in [0, 0.05) is 27.2 Å². The van der Waals surface area contributed by atoms with Crippen molar-refractivity contribution in [2.24, 2.45) is 4.99 Å². The molecule has 1 saturated heterocycles. The number of benzene rings is 3. The van der Waals surface area contributed by atoms with Crippen LogP contribution >= 0.6 is 46.0 Å². The van der Waals surface area contributed by atoms with Crippen LogP contribution in [0.15, 0.2) is 83.9 Å². The number of carbonyl (C=O) groups excluding carboxylic acids is 2. The van der Waals surface area contributed by atoms with Crippen molar-refractivity contribution in [3.05, 3.63) is 93.0 Å². The van der Waals surface area contributed by atoms with Gasteiger partial charge in [-0.15, -0.1) is 0 Å². The summed E-state index contributed by atoms with van der Waals surface area (Å²) in [6, 6.07) is 24.9. The summed E-state index contributed by atoms with van der Waals surface area (Å²) >= 11 is 9.56. The molecule has 0 aromatic heterocycles. The van der Waals surface area contributed by atoms with Crippen LogP contribution in [0.5, 0.6) is 0 Å². The predicted octanol–water partition coefficient (Wildman–Crippen LogP) is 6.54. The number of amidine groups is 1. The normalized spacial score (nSPS) is 17.1. The number of thioether (sulfide) groups is 1. The van der Waals surface area contributed by atoms with Gasteiger partial charge in [-0.25, -0.2) is 4.99 Å². The summed E-state index contributed by atoms with van der Waals surface area (Å²) in [5.41, 5.74) is 2.62. The first kappa shape index (κ1) is 24.8. The maximum absolute atomic E-state index is 13.1. The first-order chi connectivity index (χ1) is 16.5. The standard InChI is InChI=1S/C26H23ClIN3O2S/c27-19-8-12-22(13-9-19)30-26-31(16-4-7-18-5-2-1-3-6-18)24(32)17-23(34-26)25(33)29-21-14-10-20(28)11-15-21/h1-3,5-6,8-15,23H,4,7,16-17H2,(H,29,33). The van der Waals surface area contributed by atoms with E-state index in [0.717, 1.165) is 16.4 Å². The first-order valence-electron chi connectivity index (χ1n) is 10.9. The fourth-order valence-electron chi connectivity index (χ4n) is 3.53. The van der Waals surface area contributed by atoms with Crippen molar-refractivity contribution in [1.29, 1.82) is 0 Å². The molecule has 1 aliphatic heterocycles. The van der Waals surface area contributed by atoms with E-state index in [2.05, 4.69) is 40.0 Å². The van der Waals surface area contributed by atoms with Gasteiger partial charge in [-0.2, -0.15) is 0 Å². The van der Waals surface area contributed by atoms with Gasteiger partial charge in [0.2, 0.25) is 11.8 Å². The number of hydrogen-bond acceptors (Lipinski definition) is 4. The molecular formula is C26H23ClIN3O2S. The van der Waals surface area contributed by atoms with Crippen molar-refractivity contribution in [3.63, 3.8) is 0 Å². The molecule has 1 fully saturated rings. The molecule has 1 aliphatic rings. The highest BCUT2D eigenvalue weighted by Crippen LogP contribution is 2.30. The summed E-state index contributed by atoms with van der Waals surface area (Å²) in [5, 5.41) is 3.52. The van der Waals surface area contributed by atoms with Gasteiger partial charge >= 0.3 is 0 Å². The third-order valence-electron chi connectivity index (χ3n) is 5.29. The Balaban J connectivity index is 1.50. The first-order valence-corrected chi connectivity index (χ1v) is 13.2. The molecule has 1 heterocycles. The van der Waals surface area contributed by atoms with Crippen molar-refractivity contribution in [1.82, 2.24) is 4.90 Å². The third kappa shape index (κ3) is 6.84. The number of hydrogen-bond donors (Lipinski definition) is 1. The van der Waals surface area contributed by atoms with Crippen molar-refractivity contribution < 1.29 is 9.59 Å². The summed E-state index contributed by atoms with van der Waals surface area (Å²) < 4.78 is 1.08. The molecule has 8 heteroatoms. The van der Waals surface area contributed by atoms with Crippen LogP contribution in [0.4, 0.5) is 11.4 Å². The van der Waals surface area contributed by atoms with E-state index in [0.29, 0.717) is 28.1 Å². The highest BCUT2D eigenvalue weighted by atomic mass is 127. The quantitative estimate of drug-likeness (QED) is 0.312. The maximum Gasteiger partial charge on any atom is 0.238 e. The summed E-state index contributed by atoms with van der Waals surface area (Å²) in [4.78, 5) is 32.5. The summed E-state index contributed by atoms with van der Waals surface area (Å²) in [6.07, 6.45) is 1.79. The van der Waals surface area contributed by atoms with Gasteiger partial charge in [0.1, 0.15) is 5.25 Å². The molecule has 34 heavy (non-hydrogen) atoms. The monoisotopic (exact) mass is 603 g/mol. The van der Waals surface area contributed by atoms with E-state index in [1.807, 2.05) is 42.5 Å². The number of carbonyl (C=O) groups is 2. The lowest BCUT2D eigenvalue weighted by atomic mass is 10.1. The third-order valence-corrected chi connectivity index (χ3v) is 7.44. The lowest BCUT2D eigenvalue weighted by Crippen LogP contribution is -2.45. The molecule has 1 N–H and O–H groups in total. The molecule has 0 radical (unpaired) electrons.